The molecule has 10 heteroatoms. The molecule has 2 aromatic carbocycles. The third-order valence-electron chi connectivity index (χ3n) is 4.26. The number of nitrogens with zero attached hydrogens (tertiary/aromatic N) is 5. The van der Waals surface area contributed by atoms with E-state index < -0.39 is 4.92 Å². The molecule has 0 saturated carbocycles. The van der Waals surface area contributed by atoms with Crippen LogP contribution in [0.5, 0.6) is 5.75 Å². The van der Waals surface area contributed by atoms with E-state index in [0.29, 0.717) is 28.7 Å². The topological polar surface area (TPSA) is 103 Å². The highest BCUT2D eigenvalue weighted by Crippen LogP contribution is 2.35. The van der Waals surface area contributed by atoms with Crippen molar-refractivity contribution < 1.29 is 14.5 Å². The normalized spacial score (nSPS) is 13.2. The number of non-ortho nitro benzene ring substituents is 1. The molecular weight excluding hydrogens is 386 g/mol. The van der Waals surface area contributed by atoms with Crippen LogP contribution in [0.25, 0.3) is 0 Å². The molecule has 0 spiro atoms. The van der Waals surface area contributed by atoms with Gasteiger partial charge in [0.25, 0.3) is 11.6 Å². The molecule has 0 aliphatic carbocycles. The van der Waals surface area contributed by atoms with Crippen molar-refractivity contribution in [2.75, 3.05) is 11.5 Å². The number of hydrogen-bond acceptors (Lipinski definition) is 6. The minimum atomic E-state index is -0.444. The van der Waals surface area contributed by atoms with Gasteiger partial charge in [-0.3, -0.25) is 19.8 Å². The van der Waals surface area contributed by atoms with E-state index in [1.54, 1.807) is 46.1 Å². The van der Waals surface area contributed by atoms with E-state index in [-0.39, 0.29) is 24.7 Å². The Kier molecular flexibility index (Phi) is 4.66. The smallest absolute Gasteiger partial charge is 0.269 e. The summed E-state index contributed by atoms with van der Waals surface area (Å²) in [6.45, 7) is 0.589. The van der Waals surface area contributed by atoms with Crippen molar-refractivity contribution in [3.63, 3.8) is 0 Å². The van der Waals surface area contributed by atoms with Crippen molar-refractivity contribution in [1.82, 2.24) is 15.0 Å². The fourth-order valence-corrected chi connectivity index (χ4v) is 3.08. The molecule has 0 saturated heterocycles. The van der Waals surface area contributed by atoms with Crippen LogP contribution in [0.15, 0.2) is 48.7 Å². The second-order valence-electron chi connectivity index (χ2n) is 6.21. The molecule has 1 aliphatic heterocycles. The molecule has 3 aromatic rings. The van der Waals surface area contributed by atoms with Crippen LogP contribution in [-0.4, -0.2) is 32.4 Å². The number of aromatic nitrogens is 3. The van der Waals surface area contributed by atoms with Gasteiger partial charge in [-0.1, -0.05) is 28.9 Å². The van der Waals surface area contributed by atoms with Crippen LogP contribution in [0, 0.1) is 10.1 Å². The van der Waals surface area contributed by atoms with Gasteiger partial charge in [-0.05, 0) is 23.8 Å². The van der Waals surface area contributed by atoms with Gasteiger partial charge in [0.1, 0.15) is 11.4 Å². The number of hydrogen-bond donors (Lipinski definition) is 0. The monoisotopic (exact) mass is 399 g/mol. The van der Waals surface area contributed by atoms with Gasteiger partial charge in [0, 0.05) is 17.2 Å². The number of rotatable bonds is 5. The molecule has 142 valence electrons. The largest absolute Gasteiger partial charge is 0.482 e. The zero-order valence-electron chi connectivity index (χ0n) is 14.5. The van der Waals surface area contributed by atoms with Crippen molar-refractivity contribution >= 4 is 28.9 Å². The molecule has 0 bridgehead atoms. The van der Waals surface area contributed by atoms with E-state index in [9.17, 15) is 14.9 Å². The number of halogens is 1. The second kappa shape index (κ2) is 7.28. The second-order valence-corrected chi connectivity index (χ2v) is 6.65. The van der Waals surface area contributed by atoms with Gasteiger partial charge in [0.15, 0.2) is 6.61 Å². The van der Waals surface area contributed by atoms with Gasteiger partial charge < -0.3 is 4.74 Å². The Morgan fingerprint density at radius 2 is 1.96 bits per heavy atom. The molecule has 0 radical (unpaired) electrons. The highest BCUT2D eigenvalue weighted by atomic mass is 35.5. The first-order valence-electron chi connectivity index (χ1n) is 8.34. The van der Waals surface area contributed by atoms with Crippen LogP contribution in [0.1, 0.15) is 11.3 Å². The Balaban J connectivity index is 1.50. The highest BCUT2D eigenvalue weighted by molar-refractivity contribution is 6.31. The summed E-state index contributed by atoms with van der Waals surface area (Å²) >= 11 is 6.05. The third-order valence-corrected chi connectivity index (χ3v) is 4.50. The summed E-state index contributed by atoms with van der Waals surface area (Å²) in [6, 6.07) is 11.3. The zero-order chi connectivity index (χ0) is 19.7. The Morgan fingerprint density at radius 3 is 2.71 bits per heavy atom. The summed E-state index contributed by atoms with van der Waals surface area (Å²) in [5.74, 6) is 0.391. The van der Waals surface area contributed by atoms with Crippen LogP contribution >= 0.6 is 11.6 Å². The van der Waals surface area contributed by atoms with Crippen molar-refractivity contribution in [1.29, 1.82) is 0 Å². The van der Waals surface area contributed by atoms with Crippen LogP contribution < -0.4 is 9.64 Å². The number of benzene rings is 2. The molecule has 2 heterocycles. The molecule has 1 aromatic heterocycles. The van der Waals surface area contributed by atoms with Crippen LogP contribution in [0.3, 0.4) is 0 Å². The lowest BCUT2D eigenvalue weighted by molar-refractivity contribution is -0.384. The lowest BCUT2D eigenvalue weighted by atomic mass is 10.2. The number of anilines is 1. The first-order valence-corrected chi connectivity index (χ1v) is 8.72. The molecule has 1 amide bonds. The standard InChI is InChI=1S/C18H14ClN5O4/c19-13-3-6-17-16(7-13)23(18(25)11-28-17)10-14-9-22(21-20-14)8-12-1-4-15(5-2-12)24(26)27/h1-7,9H,8,10-11H2. The fourth-order valence-electron chi connectivity index (χ4n) is 2.91. The Hall–Kier alpha value is -3.46. The lowest BCUT2D eigenvalue weighted by Crippen LogP contribution is -2.38. The summed E-state index contributed by atoms with van der Waals surface area (Å²) in [5.41, 5.74) is 2.07. The average Bonchev–Trinajstić information content (AvgIpc) is 3.11. The summed E-state index contributed by atoms with van der Waals surface area (Å²) < 4.78 is 7.04. The van der Waals surface area contributed by atoms with Crippen molar-refractivity contribution in [3.8, 4) is 5.75 Å². The molecular formula is C18H14ClN5O4. The molecule has 9 nitrogen and oxygen atoms in total. The predicted molar refractivity (Wildman–Crippen MR) is 100 cm³/mol. The van der Waals surface area contributed by atoms with Crippen LogP contribution in [0.2, 0.25) is 5.02 Å². The fraction of sp³-hybridized carbons (Fsp3) is 0.167. The molecule has 0 N–H and O–H groups in total. The molecule has 0 unspecified atom stereocenters. The maximum absolute atomic E-state index is 12.3. The van der Waals surface area contributed by atoms with Gasteiger partial charge in [-0.15, -0.1) is 5.10 Å². The number of nitro groups is 1. The Bertz CT molecular complexity index is 1050. The van der Waals surface area contributed by atoms with Crippen molar-refractivity contribution in [2.24, 2.45) is 0 Å². The van der Waals surface area contributed by atoms with Gasteiger partial charge in [0.2, 0.25) is 0 Å². The number of nitro benzene ring substituents is 1. The summed E-state index contributed by atoms with van der Waals surface area (Å²) in [7, 11) is 0. The van der Waals surface area contributed by atoms with Gasteiger partial charge in [-0.2, -0.15) is 0 Å². The first-order chi connectivity index (χ1) is 13.5. The summed E-state index contributed by atoms with van der Waals surface area (Å²) in [4.78, 5) is 24.1. The van der Waals surface area contributed by atoms with Crippen molar-refractivity contribution in [2.45, 2.75) is 13.1 Å². The van der Waals surface area contributed by atoms with E-state index in [4.69, 9.17) is 16.3 Å². The van der Waals surface area contributed by atoms with E-state index in [0.717, 1.165) is 5.56 Å². The van der Waals surface area contributed by atoms with E-state index in [1.807, 2.05) is 0 Å². The summed E-state index contributed by atoms with van der Waals surface area (Å²) in [6.07, 6.45) is 1.73. The average molecular weight is 400 g/mol. The number of carbonyl (C=O) groups is 1. The number of carbonyl (C=O) groups excluding carboxylic acids is 1. The molecule has 4 rings (SSSR count). The van der Waals surface area contributed by atoms with Crippen molar-refractivity contribution in [3.05, 3.63) is 75.1 Å². The highest BCUT2D eigenvalue weighted by Gasteiger charge is 2.26. The van der Waals surface area contributed by atoms with Gasteiger partial charge in [0.05, 0.1) is 29.9 Å². The number of fused-ring (bicyclic) bond motifs is 1. The molecule has 28 heavy (non-hydrogen) atoms. The zero-order valence-corrected chi connectivity index (χ0v) is 15.2. The van der Waals surface area contributed by atoms with Crippen LogP contribution in [-0.2, 0) is 17.9 Å². The van der Waals surface area contributed by atoms with E-state index in [1.165, 1.54) is 12.1 Å². The maximum Gasteiger partial charge on any atom is 0.269 e. The SMILES string of the molecule is O=C1COc2ccc(Cl)cc2N1Cc1cn(Cc2ccc([N+](=O)[O-])cc2)nn1. The minimum absolute atomic E-state index is 0.0335. The minimum Gasteiger partial charge on any atom is -0.482 e. The maximum atomic E-state index is 12.3. The number of ether oxygens (including phenoxy) is 1. The van der Waals surface area contributed by atoms with E-state index in [2.05, 4.69) is 10.3 Å². The molecule has 1 aliphatic rings. The third kappa shape index (κ3) is 3.65. The quantitative estimate of drug-likeness (QED) is 0.482. The molecule has 0 atom stereocenters. The first kappa shape index (κ1) is 17.9. The molecule has 0 fully saturated rings. The van der Waals surface area contributed by atoms with Gasteiger partial charge >= 0.3 is 0 Å². The Labute approximate surface area is 164 Å². The summed E-state index contributed by atoms with van der Waals surface area (Å²) in [5, 5.41) is 19.4. The van der Waals surface area contributed by atoms with Gasteiger partial charge in [-0.25, -0.2) is 4.68 Å². The Morgan fingerprint density at radius 1 is 1.18 bits per heavy atom. The predicted octanol–water partition coefficient (Wildman–Crippen LogP) is 2.81. The lowest BCUT2D eigenvalue weighted by Gasteiger charge is -2.28. The van der Waals surface area contributed by atoms with E-state index >= 15 is 0 Å². The number of amides is 1. The van der Waals surface area contributed by atoms with Crippen LogP contribution in [0.4, 0.5) is 11.4 Å².